The first-order valence-electron chi connectivity index (χ1n) is 3.93. The van der Waals surface area contributed by atoms with Crippen LogP contribution in [0.2, 0.25) is 0 Å². The summed E-state index contributed by atoms with van der Waals surface area (Å²) in [6.07, 6.45) is 0. The van der Waals surface area contributed by atoms with Gasteiger partial charge in [0.2, 0.25) is 0 Å². The number of sulfonamides is 3. The average molecular weight is 559 g/mol. The fraction of sp³-hybridized carbons (Fsp3) is 1.00. The first kappa shape index (κ1) is 32.6. The molecule has 0 rings (SSSR count). The van der Waals surface area contributed by atoms with Crippen LogP contribution >= 0.6 is 0 Å². The van der Waals surface area contributed by atoms with Crippen LogP contribution in [-0.2, 0) is 30.1 Å². The molecule has 0 unspecified atom stereocenters. The zero-order chi connectivity index (χ0) is 21.0. The Morgan fingerprint density at radius 3 is 0.480 bits per heavy atom. The first-order valence-corrected chi connectivity index (χ1v) is 8.38. The molecule has 0 aliphatic carbocycles. The van der Waals surface area contributed by atoms with Gasteiger partial charge < -0.3 is 15.4 Å². The molecule has 0 spiro atoms. The Kier molecular flexibility index (Phi) is 12.8. The third kappa shape index (κ3) is 15.9. The molecule has 0 aliphatic rings. The van der Waals surface area contributed by atoms with E-state index in [9.17, 15) is 64.8 Å². The fourth-order valence-electron chi connectivity index (χ4n) is 0. The van der Waals surface area contributed by atoms with Crippen molar-refractivity contribution in [2.75, 3.05) is 0 Å². The molecule has 0 fully saturated rings. The maximum Gasteiger partial charge on any atom is 3.00 e. The zero-order valence-electron chi connectivity index (χ0n) is 10.7. The van der Waals surface area contributed by atoms with Gasteiger partial charge in [0.1, 0.15) is 0 Å². The largest absolute Gasteiger partial charge is 3.00 e. The Labute approximate surface area is 152 Å². The number of rotatable bonds is 0. The second-order valence-corrected chi connectivity index (χ2v) is 7.26. The Bertz CT molecular complexity index is 605. The van der Waals surface area contributed by atoms with E-state index in [-0.39, 0.29) is 25.8 Å². The van der Waals surface area contributed by atoms with Crippen LogP contribution in [0.15, 0.2) is 0 Å². The number of hydrogen-bond acceptors (Lipinski definition) is 6. The minimum atomic E-state index is -5.59. The molecule has 0 saturated heterocycles. The monoisotopic (exact) mass is 559 g/mol. The molecule has 0 aromatic carbocycles. The zero-order valence-corrected chi connectivity index (χ0v) is 16.4. The van der Waals surface area contributed by atoms with Crippen LogP contribution in [-0.4, -0.2) is 67.6 Å². The van der Waals surface area contributed by atoms with Crippen molar-refractivity contribution >= 4 is 55.9 Å². The summed E-state index contributed by atoms with van der Waals surface area (Å²) in [5.74, 6) is 0. The molecule has 3 N–H and O–H groups in total. The predicted molar refractivity (Wildman–Crippen MR) is 63.6 cm³/mol. The van der Waals surface area contributed by atoms with Crippen LogP contribution in [0, 0.1) is 0 Å². The Morgan fingerprint density at radius 1 is 0.440 bits per heavy atom. The second kappa shape index (κ2) is 9.77. The van der Waals surface area contributed by atoms with E-state index in [2.05, 4.69) is 0 Å². The van der Waals surface area contributed by atoms with E-state index >= 15 is 0 Å². The van der Waals surface area contributed by atoms with Crippen molar-refractivity contribution in [3.63, 3.8) is 0 Å². The van der Waals surface area contributed by atoms with Crippen LogP contribution in [0.4, 0.5) is 39.5 Å². The molecule has 150 valence electrons. The summed E-state index contributed by atoms with van der Waals surface area (Å²) in [6, 6.07) is 0. The predicted octanol–water partition coefficient (Wildman–Crippen LogP) is 2.28. The van der Waals surface area contributed by atoms with E-state index in [0.717, 1.165) is 0 Å². The van der Waals surface area contributed by atoms with Crippen molar-refractivity contribution in [1.82, 2.24) is 0 Å². The van der Waals surface area contributed by atoms with Crippen molar-refractivity contribution in [3.8, 4) is 0 Å². The van der Waals surface area contributed by atoms with Gasteiger partial charge in [-0.05, 0) is 0 Å². The van der Waals surface area contributed by atoms with Crippen molar-refractivity contribution < 1.29 is 64.8 Å². The van der Waals surface area contributed by atoms with Gasteiger partial charge in [0, 0.05) is 0 Å². The molecule has 0 aromatic rings. The summed E-state index contributed by atoms with van der Waals surface area (Å²) in [5.41, 5.74) is -16.3. The third-order valence-electron chi connectivity index (χ3n) is 0.914. The quantitative estimate of drug-likeness (QED) is 0.412. The molecule has 22 heteroatoms. The van der Waals surface area contributed by atoms with Crippen LogP contribution in [0.3, 0.4) is 0 Å². The van der Waals surface area contributed by atoms with E-state index in [0.29, 0.717) is 0 Å². The van der Waals surface area contributed by atoms with Gasteiger partial charge in [0.05, 0.1) is 0 Å². The van der Waals surface area contributed by atoms with Crippen LogP contribution in [0.25, 0.3) is 15.4 Å². The normalized spacial score (nSPS) is 13.4. The maximum atomic E-state index is 10.8. The SMILES string of the molecule is [In+3].[NH-]S(=O)(=O)C(F)(F)F.[NH-]S(=O)(=O)C(F)(F)F.[NH-]S(=O)(=O)C(F)(F)F. The average Bonchev–Trinajstić information content (AvgIpc) is 2.08. The molecule has 25 heavy (non-hydrogen) atoms. The van der Waals surface area contributed by atoms with Crippen molar-refractivity contribution in [2.45, 2.75) is 16.5 Å². The molecule has 9 nitrogen and oxygen atoms in total. The summed E-state index contributed by atoms with van der Waals surface area (Å²) >= 11 is 0. The number of halogens is 9. The molecule has 0 saturated carbocycles. The summed E-state index contributed by atoms with van der Waals surface area (Å²) in [7, 11) is -16.8. The van der Waals surface area contributed by atoms with E-state index in [1.165, 1.54) is 0 Å². The van der Waals surface area contributed by atoms with Crippen molar-refractivity contribution in [1.29, 1.82) is 0 Å². The van der Waals surface area contributed by atoms with E-state index in [1.54, 1.807) is 0 Å². The third-order valence-corrected chi connectivity index (χ3v) is 2.74. The summed E-state index contributed by atoms with van der Waals surface area (Å²) in [4.78, 5) is 0. The molecular weight excluding hydrogens is 556 g/mol. The topological polar surface area (TPSA) is 174 Å². The molecule has 0 bridgehead atoms. The first-order chi connectivity index (χ1) is 9.75. The molecule has 0 amide bonds. The van der Waals surface area contributed by atoms with Crippen molar-refractivity contribution in [2.24, 2.45) is 0 Å². The van der Waals surface area contributed by atoms with E-state index in [4.69, 9.17) is 15.4 Å². The minimum absolute atomic E-state index is 0. The molecule has 0 aliphatic heterocycles. The van der Waals surface area contributed by atoms with Gasteiger partial charge in [-0.3, -0.25) is 0 Å². The Balaban J connectivity index is -0.000000130. The van der Waals surface area contributed by atoms with E-state index < -0.39 is 46.6 Å². The second-order valence-electron chi connectivity index (χ2n) is 2.85. The maximum absolute atomic E-state index is 10.8. The molecule has 0 atom stereocenters. The summed E-state index contributed by atoms with van der Waals surface area (Å²) in [6.45, 7) is 0. The van der Waals surface area contributed by atoms with Gasteiger partial charge in [-0.25, -0.2) is 25.3 Å². The standard InChI is InChI=1S/3CHF3NO2S.In/c3*2-1(3,4)8(5,6)7;/h3*(H-,5,6,7);/q3*-1;+3. The minimum Gasteiger partial charge on any atom is -0.556 e. The van der Waals surface area contributed by atoms with Gasteiger partial charge in [0.15, 0.2) is 30.1 Å². The molecule has 0 heterocycles. The fourth-order valence-corrected chi connectivity index (χ4v) is 0. The number of alkyl halides is 9. The van der Waals surface area contributed by atoms with Crippen molar-refractivity contribution in [3.05, 3.63) is 15.4 Å². The molecular formula is C3H3F9InN3O6S3. The Morgan fingerprint density at radius 2 is 0.480 bits per heavy atom. The van der Waals surface area contributed by atoms with Crippen LogP contribution in [0.1, 0.15) is 0 Å². The van der Waals surface area contributed by atoms with Crippen LogP contribution in [0.5, 0.6) is 0 Å². The van der Waals surface area contributed by atoms with E-state index in [1.807, 2.05) is 0 Å². The van der Waals surface area contributed by atoms with Gasteiger partial charge in [-0.15, -0.1) is 0 Å². The van der Waals surface area contributed by atoms with Gasteiger partial charge in [0.25, 0.3) is 0 Å². The summed E-state index contributed by atoms with van der Waals surface area (Å²) in [5, 5.41) is 16.3. The summed E-state index contributed by atoms with van der Waals surface area (Å²) < 4.78 is 152. The van der Waals surface area contributed by atoms with Gasteiger partial charge in [-0.1, -0.05) is 0 Å². The molecule has 0 radical (unpaired) electrons. The number of hydrogen-bond donors (Lipinski definition) is 0. The number of nitrogens with one attached hydrogen (secondary N) is 3. The molecule has 0 aromatic heterocycles. The van der Waals surface area contributed by atoms with Gasteiger partial charge in [-0.2, -0.15) is 39.5 Å². The smallest absolute Gasteiger partial charge is 0.556 e. The Hall–Kier alpha value is -0.0299. The van der Waals surface area contributed by atoms with Gasteiger partial charge >= 0.3 is 42.4 Å². The van der Waals surface area contributed by atoms with Crippen LogP contribution < -0.4 is 0 Å².